The first kappa shape index (κ1) is 22.5. The molecule has 32 heavy (non-hydrogen) atoms. The Morgan fingerprint density at radius 1 is 1.31 bits per heavy atom. The van der Waals surface area contributed by atoms with E-state index < -0.39 is 12.0 Å². The summed E-state index contributed by atoms with van der Waals surface area (Å²) in [4.78, 5) is 31.3. The summed E-state index contributed by atoms with van der Waals surface area (Å²) in [5.74, 6) is -0.468. The summed E-state index contributed by atoms with van der Waals surface area (Å²) in [5, 5.41) is 10.7. The molecule has 2 aromatic carbocycles. The summed E-state index contributed by atoms with van der Waals surface area (Å²) in [6.45, 7) is 3.66. The van der Waals surface area contributed by atoms with E-state index in [4.69, 9.17) is 16.3 Å². The maximum atomic E-state index is 13.5. The Morgan fingerprint density at radius 2 is 2.03 bits per heavy atom. The summed E-state index contributed by atoms with van der Waals surface area (Å²) in [5.41, 5.74) is 1.68. The second-order valence-corrected chi connectivity index (χ2v) is 9.42. The first-order chi connectivity index (χ1) is 15.3. The number of thiazole rings is 1. The normalized spacial score (nSPS) is 16.0. The number of phenolic OH excluding ortho intramolecular Hbond substituents is 1. The van der Waals surface area contributed by atoms with Crippen LogP contribution in [0.3, 0.4) is 0 Å². The van der Waals surface area contributed by atoms with Crippen molar-refractivity contribution in [2.24, 2.45) is 4.99 Å². The van der Waals surface area contributed by atoms with Gasteiger partial charge in [-0.05, 0) is 55.8 Å². The molecule has 0 saturated heterocycles. The van der Waals surface area contributed by atoms with Crippen LogP contribution < -0.4 is 14.9 Å². The van der Waals surface area contributed by atoms with Crippen molar-refractivity contribution in [3.8, 4) is 5.75 Å². The Balaban J connectivity index is 1.97. The Bertz CT molecular complexity index is 1420. The van der Waals surface area contributed by atoms with Crippen LogP contribution >= 0.6 is 38.9 Å². The van der Waals surface area contributed by atoms with E-state index in [1.165, 1.54) is 15.9 Å². The molecule has 4 rings (SSSR count). The SMILES string of the molecule is CCOC(=O)C1=C(C)N=c2s/c(=C/c3cc(Br)ccc3O)c(=O)n2C1c1ccc(Cl)cc1. The predicted molar refractivity (Wildman–Crippen MR) is 128 cm³/mol. The van der Waals surface area contributed by atoms with E-state index >= 15 is 0 Å². The summed E-state index contributed by atoms with van der Waals surface area (Å²) in [7, 11) is 0. The van der Waals surface area contributed by atoms with Gasteiger partial charge in [-0.15, -0.1) is 0 Å². The molecule has 0 bridgehead atoms. The number of carbonyl (C=O) groups excluding carboxylic acids is 1. The lowest BCUT2D eigenvalue weighted by atomic mass is 9.96. The highest BCUT2D eigenvalue weighted by molar-refractivity contribution is 9.10. The maximum absolute atomic E-state index is 13.5. The molecular formula is C23H18BrClN2O4S. The topological polar surface area (TPSA) is 80.9 Å². The van der Waals surface area contributed by atoms with Crippen LogP contribution in [-0.4, -0.2) is 22.2 Å². The highest BCUT2D eigenvalue weighted by Gasteiger charge is 2.33. The zero-order chi connectivity index (χ0) is 23.0. The maximum Gasteiger partial charge on any atom is 0.338 e. The molecule has 6 nitrogen and oxygen atoms in total. The molecule has 164 valence electrons. The Hall–Kier alpha value is -2.68. The van der Waals surface area contributed by atoms with Gasteiger partial charge in [0.1, 0.15) is 5.75 Å². The third kappa shape index (κ3) is 4.18. The molecule has 0 radical (unpaired) electrons. The van der Waals surface area contributed by atoms with E-state index in [0.717, 1.165) is 4.47 Å². The molecule has 1 atom stereocenters. The van der Waals surface area contributed by atoms with Crippen molar-refractivity contribution < 1.29 is 14.6 Å². The minimum atomic E-state index is -0.708. The van der Waals surface area contributed by atoms with E-state index in [-0.39, 0.29) is 17.9 Å². The average molecular weight is 534 g/mol. The number of hydrogen-bond acceptors (Lipinski definition) is 6. The van der Waals surface area contributed by atoms with Crippen LogP contribution in [0.25, 0.3) is 6.08 Å². The molecule has 1 aromatic heterocycles. The smallest absolute Gasteiger partial charge is 0.338 e. The van der Waals surface area contributed by atoms with Crippen molar-refractivity contribution >= 4 is 50.9 Å². The first-order valence-corrected chi connectivity index (χ1v) is 11.7. The summed E-state index contributed by atoms with van der Waals surface area (Å²) >= 11 is 10.6. The number of allylic oxidation sites excluding steroid dienone is 1. The molecule has 9 heteroatoms. The minimum Gasteiger partial charge on any atom is -0.507 e. The van der Waals surface area contributed by atoms with E-state index in [2.05, 4.69) is 20.9 Å². The molecule has 1 unspecified atom stereocenters. The van der Waals surface area contributed by atoms with E-state index in [9.17, 15) is 14.7 Å². The number of aromatic nitrogens is 1. The molecule has 0 fully saturated rings. The molecule has 2 heterocycles. The number of rotatable bonds is 4. The largest absolute Gasteiger partial charge is 0.507 e. The number of hydrogen-bond donors (Lipinski definition) is 1. The molecule has 1 aliphatic heterocycles. The van der Waals surface area contributed by atoms with Crippen molar-refractivity contribution in [1.29, 1.82) is 0 Å². The van der Waals surface area contributed by atoms with E-state index in [1.54, 1.807) is 62.4 Å². The van der Waals surface area contributed by atoms with Gasteiger partial charge in [0.15, 0.2) is 4.80 Å². The first-order valence-electron chi connectivity index (χ1n) is 9.73. The van der Waals surface area contributed by atoms with Gasteiger partial charge in [0.2, 0.25) is 0 Å². The Labute approximate surface area is 200 Å². The summed E-state index contributed by atoms with van der Waals surface area (Å²) in [6, 6.07) is 11.3. The van der Waals surface area contributed by atoms with Crippen LogP contribution in [0.1, 0.15) is 31.0 Å². The third-order valence-electron chi connectivity index (χ3n) is 4.98. The van der Waals surface area contributed by atoms with Crippen molar-refractivity contribution in [3.05, 3.63) is 94.0 Å². The van der Waals surface area contributed by atoms with Crippen LogP contribution in [0.15, 0.2) is 68.0 Å². The number of ether oxygens (including phenoxy) is 1. The fourth-order valence-electron chi connectivity index (χ4n) is 3.53. The van der Waals surface area contributed by atoms with Gasteiger partial charge in [-0.2, -0.15) is 0 Å². The molecule has 0 aliphatic carbocycles. The van der Waals surface area contributed by atoms with Crippen LogP contribution in [0.2, 0.25) is 5.02 Å². The summed E-state index contributed by atoms with van der Waals surface area (Å²) in [6.07, 6.45) is 1.62. The average Bonchev–Trinajstić information content (AvgIpc) is 3.05. The number of aromatic hydroxyl groups is 1. The number of carbonyl (C=O) groups is 1. The van der Waals surface area contributed by atoms with Crippen molar-refractivity contribution in [1.82, 2.24) is 4.57 Å². The highest BCUT2D eigenvalue weighted by atomic mass is 79.9. The number of phenols is 1. The number of nitrogens with zero attached hydrogens (tertiary/aromatic N) is 2. The van der Waals surface area contributed by atoms with Crippen molar-refractivity contribution in [2.45, 2.75) is 19.9 Å². The fourth-order valence-corrected chi connectivity index (χ4v) is 5.08. The van der Waals surface area contributed by atoms with Gasteiger partial charge < -0.3 is 9.84 Å². The van der Waals surface area contributed by atoms with E-state index in [0.29, 0.717) is 36.8 Å². The van der Waals surface area contributed by atoms with Crippen LogP contribution in [0.5, 0.6) is 5.75 Å². The van der Waals surface area contributed by atoms with Crippen molar-refractivity contribution in [2.75, 3.05) is 6.61 Å². The minimum absolute atomic E-state index is 0.0525. The lowest BCUT2D eigenvalue weighted by Gasteiger charge is -2.24. The zero-order valence-corrected chi connectivity index (χ0v) is 20.3. The third-order valence-corrected chi connectivity index (χ3v) is 6.71. The molecular weight excluding hydrogens is 516 g/mol. The monoisotopic (exact) mass is 532 g/mol. The lowest BCUT2D eigenvalue weighted by Crippen LogP contribution is -2.39. The van der Waals surface area contributed by atoms with Gasteiger partial charge in [0, 0.05) is 15.1 Å². The van der Waals surface area contributed by atoms with Crippen LogP contribution in [0.4, 0.5) is 0 Å². The van der Waals surface area contributed by atoms with Gasteiger partial charge in [0.25, 0.3) is 5.56 Å². The standard InChI is InChI=1S/C23H18BrClN2O4S/c1-3-31-22(30)19-12(2)26-23-27(20(19)13-4-7-16(25)8-5-13)21(29)18(32-23)11-14-10-15(24)6-9-17(14)28/h4-11,20,28H,3H2,1-2H3/b18-11+. The van der Waals surface area contributed by atoms with Gasteiger partial charge in [-0.1, -0.05) is 51.0 Å². The Kier molecular flexibility index (Phi) is 6.37. The van der Waals surface area contributed by atoms with Crippen molar-refractivity contribution in [3.63, 3.8) is 0 Å². The molecule has 1 N–H and O–H groups in total. The predicted octanol–water partition coefficient (Wildman–Crippen LogP) is 3.92. The lowest BCUT2D eigenvalue weighted by molar-refractivity contribution is -0.139. The zero-order valence-electron chi connectivity index (χ0n) is 17.1. The number of halogens is 2. The summed E-state index contributed by atoms with van der Waals surface area (Å²) < 4.78 is 7.92. The fraction of sp³-hybridized carbons (Fsp3) is 0.174. The molecule has 0 amide bonds. The molecule has 3 aromatic rings. The highest BCUT2D eigenvalue weighted by Crippen LogP contribution is 2.31. The number of fused-ring (bicyclic) bond motifs is 1. The Morgan fingerprint density at radius 3 is 2.72 bits per heavy atom. The quantitative estimate of drug-likeness (QED) is 0.516. The second-order valence-electron chi connectivity index (χ2n) is 7.06. The van der Waals surface area contributed by atoms with Gasteiger partial charge in [0.05, 0.1) is 28.5 Å². The van der Waals surface area contributed by atoms with Gasteiger partial charge >= 0.3 is 5.97 Å². The molecule has 0 spiro atoms. The van der Waals surface area contributed by atoms with Gasteiger partial charge in [-0.25, -0.2) is 9.79 Å². The number of benzene rings is 2. The number of esters is 1. The van der Waals surface area contributed by atoms with E-state index in [1.807, 2.05) is 0 Å². The van der Waals surface area contributed by atoms with Crippen LogP contribution in [0, 0.1) is 0 Å². The molecule has 1 aliphatic rings. The van der Waals surface area contributed by atoms with Crippen LogP contribution in [-0.2, 0) is 9.53 Å². The van der Waals surface area contributed by atoms with Gasteiger partial charge in [-0.3, -0.25) is 9.36 Å². The molecule has 0 saturated carbocycles. The second kappa shape index (κ2) is 9.05.